The number of aromatic amines is 1. The molecule has 0 radical (unpaired) electrons. The number of nitrogens with zero attached hydrogens (tertiary/aromatic N) is 1. The summed E-state index contributed by atoms with van der Waals surface area (Å²) in [5.74, 6) is 0. The van der Waals surface area contributed by atoms with Crippen molar-refractivity contribution in [3.8, 4) is 0 Å². The van der Waals surface area contributed by atoms with Crippen LogP contribution in [0.1, 0.15) is 4.88 Å². The Morgan fingerprint density at radius 3 is 2.75 bits per heavy atom. The summed E-state index contributed by atoms with van der Waals surface area (Å²) in [5, 5.41) is 4.29. The number of nitrogens with one attached hydrogen (secondary N) is 2. The molecule has 0 spiro atoms. The first-order chi connectivity index (χ1) is 7.75. The zero-order valence-corrected chi connectivity index (χ0v) is 9.68. The lowest BCUT2D eigenvalue weighted by molar-refractivity contribution is 1.33. The molecule has 0 unspecified atom stereocenters. The Kier molecular flexibility index (Phi) is 3.38. The van der Waals surface area contributed by atoms with Gasteiger partial charge in [0.05, 0.1) is 16.8 Å². The van der Waals surface area contributed by atoms with E-state index >= 15 is 0 Å². The third-order valence-electron chi connectivity index (χ3n) is 1.78. The molecule has 0 amide bonds. The van der Waals surface area contributed by atoms with Crippen LogP contribution in [0.4, 0.5) is 5.69 Å². The molecule has 6 heteroatoms. The summed E-state index contributed by atoms with van der Waals surface area (Å²) in [6, 6.07) is 9.50. The number of H-pyrrole nitrogens is 1. The molecule has 0 aliphatic heterocycles. The first-order valence-electron chi connectivity index (χ1n) is 4.48. The van der Waals surface area contributed by atoms with Gasteiger partial charge in [0.25, 0.3) is 0 Å². The van der Waals surface area contributed by atoms with E-state index in [4.69, 9.17) is 11.6 Å². The maximum absolute atomic E-state index is 10.9. The molecule has 0 aliphatic carbocycles. The fourth-order valence-corrected chi connectivity index (χ4v) is 1.99. The summed E-state index contributed by atoms with van der Waals surface area (Å²) in [7, 11) is 0. The Morgan fingerprint density at radius 2 is 2.12 bits per heavy atom. The Balaban J connectivity index is 2.06. The molecule has 1 aromatic carbocycles. The van der Waals surface area contributed by atoms with E-state index in [2.05, 4.69) is 15.5 Å². The van der Waals surface area contributed by atoms with Gasteiger partial charge >= 0.3 is 4.87 Å². The van der Waals surface area contributed by atoms with Crippen molar-refractivity contribution in [2.24, 2.45) is 5.10 Å². The van der Waals surface area contributed by atoms with Gasteiger partial charge in [-0.3, -0.25) is 10.2 Å². The summed E-state index contributed by atoms with van der Waals surface area (Å²) in [6.45, 7) is 0. The zero-order valence-electron chi connectivity index (χ0n) is 8.11. The van der Waals surface area contributed by atoms with Crippen LogP contribution in [0, 0.1) is 0 Å². The SMILES string of the molecule is O=c1[nH]c(Cl)c(/C=N/Nc2ccccc2)s1. The van der Waals surface area contributed by atoms with E-state index in [0.29, 0.717) is 10.0 Å². The number of hydrazone groups is 1. The first-order valence-corrected chi connectivity index (χ1v) is 5.68. The van der Waals surface area contributed by atoms with Crippen LogP contribution in [0.5, 0.6) is 0 Å². The number of rotatable bonds is 3. The normalized spacial score (nSPS) is 10.8. The number of hydrogen-bond acceptors (Lipinski definition) is 4. The Morgan fingerprint density at radius 1 is 1.38 bits per heavy atom. The van der Waals surface area contributed by atoms with E-state index in [9.17, 15) is 4.79 Å². The molecular weight excluding hydrogens is 246 g/mol. The summed E-state index contributed by atoms with van der Waals surface area (Å²) in [5.41, 5.74) is 3.70. The number of para-hydroxylation sites is 1. The number of anilines is 1. The van der Waals surface area contributed by atoms with E-state index < -0.39 is 0 Å². The van der Waals surface area contributed by atoms with Crippen molar-refractivity contribution in [3.05, 3.63) is 50.0 Å². The van der Waals surface area contributed by atoms with E-state index in [1.54, 1.807) is 0 Å². The molecule has 0 saturated heterocycles. The van der Waals surface area contributed by atoms with Gasteiger partial charge in [-0.15, -0.1) is 0 Å². The van der Waals surface area contributed by atoms with Crippen LogP contribution in [0.3, 0.4) is 0 Å². The quantitative estimate of drug-likeness (QED) is 0.652. The van der Waals surface area contributed by atoms with Crippen molar-refractivity contribution in [1.29, 1.82) is 0 Å². The Bertz CT molecular complexity index is 547. The predicted molar refractivity (Wildman–Crippen MR) is 67.6 cm³/mol. The molecule has 82 valence electrons. The van der Waals surface area contributed by atoms with Gasteiger partial charge in [-0.25, -0.2) is 0 Å². The molecule has 16 heavy (non-hydrogen) atoms. The minimum atomic E-state index is -0.189. The summed E-state index contributed by atoms with van der Waals surface area (Å²) in [4.78, 5) is 13.8. The Labute approximate surface area is 101 Å². The molecule has 2 aromatic rings. The highest BCUT2D eigenvalue weighted by atomic mass is 35.5. The molecule has 2 rings (SSSR count). The third-order valence-corrected chi connectivity index (χ3v) is 3.01. The van der Waals surface area contributed by atoms with Gasteiger partial charge < -0.3 is 4.98 Å². The largest absolute Gasteiger partial charge is 0.306 e. The van der Waals surface area contributed by atoms with Crippen LogP contribution >= 0.6 is 22.9 Å². The lowest BCUT2D eigenvalue weighted by Crippen LogP contribution is -1.89. The highest BCUT2D eigenvalue weighted by Gasteiger charge is 2.01. The predicted octanol–water partition coefficient (Wildman–Crippen LogP) is 2.54. The van der Waals surface area contributed by atoms with Crippen LogP contribution in [0.15, 0.2) is 40.2 Å². The highest BCUT2D eigenvalue weighted by molar-refractivity contribution is 7.11. The maximum Gasteiger partial charge on any atom is 0.306 e. The van der Waals surface area contributed by atoms with Crippen LogP contribution in [-0.2, 0) is 0 Å². The van der Waals surface area contributed by atoms with Crippen molar-refractivity contribution in [3.63, 3.8) is 0 Å². The molecule has 0 saturated carbocycles. The number of hydrogen-bond donors (Lipinski definition) is 2. The number of thiazole rings is 1. The van der Waals surface area contributed by atoms with Gasteiger partial charge in [-0.1, -0.05) is 41.1 Å². The van der Waals surface area contributed by atoms with Gasteiger partial charge in [0.2, 0.25) is 0 Å². The summed E-state index contributed by atoms with van der Waals surface area (Å²) in [6.07, 6.45) is 1.51. The number of benzene rings is 1. The van der Waals surface area contributed by atoms with Crippen LogP contribution < -0.4 is 10.3 Å². The number of halogens is 1. The van der Waals surface area contributed by atoms with Crippen LogP contribution in [0.2, 0.25) is 5.15 Å². The second kappa shape index (κ2) is 4.96. The fourth-order valence-electron chi connectivity index (χ4n) is 1.08. The molecule has 0 atom stereocenters. The monoisotopic (exact) mass is 253 g/mol. The second-order valence-corrected chi connectivity index (χ2v) is 4.32. The second-order valence-electron chi connectivity index (χ2n) is 2.93. The van der Waals surface area contributed by atoms with Crippen LogP contribution in [0.25, 0.3) is 0 Å². The molecule has 0 bridgehead atoms. The van der Waals surface area contributed by atoms with E-state index in [1.807, 2.05) is 30.3 Å². The fraction of sp³-hybridized carbons (Fsp3) is 0. The topological polar surface area (TPSA) is 57.2 Å². The number of aromatic nitrogens is 1. The Hall–Kier alpha value is -1.59. The van der Waals surface area contributed by atoms with E-state index in [0.717, 1.165) is 17.0 Å². The van der Waals surface area contributed by atoms with Gasteiger partial charge in [0.1, 0.15) is 5.15 Å². The smallest absolute Gasteiger partial charge is 0.303 e. The molecule has 1 aromatic heterocycles. The van der Waals surface area contributed by atoms with Crippen molar-refractivity contribution >= 4 is 34.8 Å². The maximum atomic E-state index is 10.9. The first kappa shape index (κ1) is 10.9. The average molecular weight is 254 g/mol. The van der Waals surface area contributed by atoms with Gasteiger partial charge in [0.15, 0.2) is 0 Å². The minimum absolute atomic E-state index is 0.189. The average Bonchev–Trinajstić information content (AvgIpc) is 2.59. The van der Waals surface area contributed by atoms with Crippen LogP contribution in [-0.4, -0.2) is 11.2 Å². The summed E-state index contributed by atoms with van der Waals surface area (Å²) >= 11 is 6.78. The highest BCUT2D eigenvalue weighted by Crippen LogP contribution is 2.12. The van der Waals surface area contributed by atoms with E-state index in [1.165, 1.54) is 6.21 Å². The molecule has 0 fully saturated rings. The zero-order chi connectivity index (χ0) is 11.4. The molecule has 1 heterocycles. The molecular formula is C10H8ClN3OS. The standard InChI is InChI=1S/C10H8ClN3OS/c11-9-8(16-10(15)13-9)6-12-14-7-4-2-1-3-5-7/h1-6,14H,(H,13,15)/b12-6+. The van der Waals surface area contributed by atoms with Crippen molar-refractivity contribution in [1.82, 2.24) is 4.98 Å². The van der Waals surface area contributed by atoms with Crippen molar-refractivity contribution in [2.75, 3.05) is 5.43 Å². The van der Waals surface area contributed by atoms with Gasteiger partial charge in [0, 0.05) is 0 Å². The molecule has 2 N–H and O–H groups in total. The molecule has 0 aliphatic rings. The van der Waals surface area contributed by atoms with Crippen molar-refractivity contribution < 1.29 is 0 Å². The third kappa shape index (κ3) is 2.71. The van der Waals surface area contributed by atoms with Crippen molar-refractivity contribution in [2.45, 2.75) is 0 Å². The molecule has 4 nitrogen and oxygen atoms in total. The van der Waals surface area contributed by atoms with Gasteiger partial charge in [-0.05, 0) is 12.1 Å². The lowest BCUT2D eigenvalue weighted by Gasteiger charge is -1.97. The van der Waals surface area contributed by atoms with E-state index in [-0.39, 0.29) is 4.87 Å². The van der Waals surface area contributed by atoms with Gasteiger partial charge in [-0.2, -0.15) is 5.10 Å². The summed E-state index contributed by atoms with van der Waals surface area (Å²) < 4.78 is 0. The minimum Gasteiger partial charge on any atom is -0.303 e. The lowest BCUT2D eigenvalue weighted by atomic mass is 10.3.